The van der Waals surface area contributed by atoms with Crippen LogP contribution in [0, 0.1) is 11.3 Å². The quantitative estimate of drug-likeness (QED) is 0.0883. The fourth-order valence-electron chi connectivity index (χ4n) is 7.02. The number of benzene rings is 1. The summed E-state index contributed by atoms with van der Waals surface area (Å²) >= 11 is 0. The Morgan fingerprint density at radius 3 is 2.20 bits per heavy atom. The van der Waals surface area contributed by atoms with Crippen molar-refractivity contribution in [3.05, 3.63) is 55.0 Å². The summed E-state index contributed by atoms with van der Waals surface area (Å²) in [6.07, 6.45) is 13.3. The highest BCUT2D eigenvalue weighted by Gasteiger charge is 2.29. The predicted octanol–water partition coefficient (Wildman–Crippen LogP) is 4.31. The van der Waals surface area contributed by atoms with Crippen LogP contribution in [0.1, 0.15) is 50.6 Å². The molecule has 2 fully saturated rings. The minimum atomic E-state index is -0.245. The third-order valence-corrected chi connectivity index (χ3v) is 10.1. The molecule has 0 spiro atoms. The summed E-state index contributed by atoms with van der Waals surface area (Å²) < 4.78 is 48.9. The Bertz CT molecular complexity index is 1810. The van der Waals surface area contributed by atoms with Gasteiger partial charge in [-0.1, -0.05) is 6.07 Å². The molecule has 320 valence electrons. The van der Waals surface area contributed by atoms with E-state index in [0.717, 1.165) is 63.1 Å². The van der Waals surface area contributed by atoms with Gasteiger partial charge in [-0.25, -0.2) is 19.6 Å². The molecule has 0 amide bonds. The zero-order valence-corrected chi connectivity index (χ0v) is 34.3. The first kappa shape index (κ1) is 43.8. The molecule has 1 N–H and O–H groups in total. The molecule has 1 saturated carbocycles. The average Bonchev–Trinajstić information content (AvgIpc) is 3.94. The zero-order chi connectivity index (χ0) is 40.9. The first-order valence-corrected chi connectivity index (χ1v) is 20.6. The molecule has 1 atom stereocenters. The second kappa shape index (κ2) is 24.4. The molecule has 1 aliphatic carbocycles. The van der Waals surface area contributed by atoms with Crippen molar-refractivity contribution in [3.63, 3.8) is 0 Å². The van der Waals surface area contributed by atoms with Crippen LogP contribution >= 0.6 is 0 Å². The third kappa shape index (κ3) is 14.2. The van der Waals surface area contributed by atoms with Crippen molar-refractivity contribution in [2.45, 2.75) is 63.8 Å². The number of morpholine rings is 1. The van der Waals surface area contributed by atoms with Crippen molar-refractivity contribution < 1.29 is 37.9 Å². The van der Waals surface area contributed by atoms with Crippen LogP contribution in [-0.2, 0) is 35.0 Å². The Morgan fingerprint density at radius 1 is 0.864 bits per heavy atom. The maximum absolute atomic E-state index is 9.74. The molecule has 18 nitrogen and oxygen atoms in total. The number of nitriles is 1. The zero-order valence-electron chi connectivity index (χ0n) is 34.3. The molecule has 1 saturated heterocycles. The number of hydrogen-bond donors (Lipinski definition) is 1. The van der Waals surface area contributed by atoms with Crippen LogP contribution < -0.4 is 14.8 Å². The van der Waals surface area contributed by atoms with Gasteiger partial charge in [-0.15, -0.1) is 5.10 Å². The topological polar surface area (TPSA) is 187 Å². The van der Waals surface area contributed by atoms with Crippen LogP contribution in [0.25, 0.3) is 11.1 Å². The molecule has 59 heavy (non-hydrogen) atoms. The number of hydrogen-bond acceptors (Lipinski definition) is 16. The molecule has 18 heteroatoms. The highest BCUT2D eigenvalue weighted by molar-refractivity contribution is 5.67. The number of ether oxygens (including phenoxy) is 8. The molecular weight excluding hydrogens is 761 g/mol. The van der Waals surface area contributed by atoms with Crippen LogP contribution in [0.2, 0.25) is 0 Å². The van der Waals surface area contributed by atoms with Crippen molar-refractivity contribution in [2.75, 3.05) is 105 Å². The Kier molecular flexibility index (Phi) is 18.1. The SMILES string of the molecule is COCCOCCOCCOCCOCCCOc1nn(C2CCC(N3CCOCC3)CC2)cc1Nc1ncc(-c2ccc(C#N)c(O[C@@H](C)Cn3cncn3)c2)cn1. The molecule has 2 aliphatic rings. The van der Waals surface area contributed by atoms with E-state index in [2.05, 4.69) is 36.3 Å². The number of rotatable bonds is 26. The molecule has 1 aromatic carbocycles. The summed E-state index contributed by atoms with van der Waals surface area (Å²) in [6.45, 7) is 11.2. The summed E-state index contributed by atoms with van der Waals surface area (Å²) in [4.78, 5) is 15.8. The molecule has 1 aliphatic heterocycles. The van der Waals surface area contributed by atoms with Crippen LogP contribution in [0.15, 0.2) is 49.4 Å². The number of anilines is 2. The minimum absolute atomic E-state index is 0.245. The van der Waals surface area contributed by atoms with E-state index in [1.54, 1.807) is 36.6 Å². The van der Waals surface area contributed by atoms with Gasteiger partial charge in [-0.2, -0.15) is 10.4 Å². The van der Waals surface area contributed by atoms with E-state index in [4.69, 9.17) is 43.0 Å². The normalized spacial score (nSPS) is 17.7. The lowest BCUT2D eigenvalue weighted by atomic mass is 9.90. The molecule has 6 rings (SSSR count). The third-order valence-electron chi connectivity index (χ3n) is 10.1. The molecule has 0 radical (unpaired) electrons. The maximum atomic E-state index is 9.74. The van der Waals surface area contributed by atoms with Gasteiger partial charge >= 0.3 is 0 Å². The fraction of sp³-hybridized carbons (Fsp3) is 0.610. The number of nitrogens with one attached hydrogen (secondary N) is 1. The maximum Gasteiger partial charge on any atom is 0.256 e. The smallest absolute Gasteiger partial charge is 0.256 e. The lowest BCUT2D eigenvalue weighted by Crippen LogP contribution is -2.45. The van der Waals surface area contributed by atoms with Crippen LogP contribution in [0.5, 0.6) is 11.6 Å². The molecular formula is C41H58N10O8. The van der Waals surface area contributed by atoms with Crippen LogP contribution in [-0.4, -0.2) is 151 Å². The van der Waals surface area contributed by atoms with E-state index < -0.39 is 0 Å². The summed E-state index contributed by atoms with van der Waals surface area (Å²) in [5, 5.41) is 22.1. The lowest BCUT2D eigenvalue weighted by Gasteiger charge is -2.38. The molecule has 0 bridgehead atoms. The standard InChI is InChI=1S/C41H58N10O8/c1-32(28-50-31-43-30-46-50)59-39-24-33(4-5-34(39)25-42)35-26-44-41(45-27-35)47-38-29-51(37-8-6-36(7-9-37)49-10-14-54-15-11-49)48-40(38)58-13-3-12-53-18-19-56-22-23-57-21-20-55-17-16-52-2/h4-5,24,26-27,29-32,36-37H,3,6-23,28H2,1-2H3,(H,44,45,47)/t32-,36?,37?/m0/s1. The van der Waals surface area contributed by atoms with Gasteiger partial charge in [-0.3, -0.25) is 9.58 Å². The Hall–Kier alpha value is -4.74. The molecule has 4 aromatic rings. The van der Waals surface area contributed by atoms with Crippen LogP contribution in [0.4, 0.5) is 11.6 Å². The summed E-state index contributed by atoms with van der Waals surface area (Å²) in [6, 6.07) is 8.51. The molecule has 0 unspecified atom stereocenters. The van der Waals surface area contributed by atoms with E-state index in [1.807, 2.05) is 29.9 Å². The van der Waals surface area contributed by atoms with Crippen molar-refractivity contribution in [1.29, 1.82) is 5.26 Å². The van der Waals surface area contributed by atoms with E-state index in [9.17, 15) is 5.26 Å². The highest BCUT2D eigenvalue weighted by Crippen LogP contribution is 2.35. The Morgan fingerprint density at radius 2 is 1.54 bits per heavy atom. The minimum Gasteiger partial charge on any atom is -0.487 e. The van der Waals surface area contributed by atoms with E-state index >= 15 is 0 Å². The second-order valence-corrected chi connectivity index (χ2v) is 14.4. The van der Waals surface area contributed by atoms with Gasteiger partial charge in [-0.05, 0) is 50.3 Å². The predicted molar refractivity (Wildman–Crippen MR) is 217 cm³/mol. The largest absolute Gasteiger partial charge is 0.487 e. The monoisotopic (exact) mass is 818 g/mol. The van der Waals surface area contributed by atoms with Crippen molar-refractivity contribution in [1.82, 2.24) is 39.4 Å². The van der Waals surface area contributed by atoms with Gasteiger partial charge in [0.1, 0.15) is 36.3 Å². The summed E-state index contributed by atoms with van der Waals surface area (Å²) in [5.74, 6) is 1.38. The van der Waals surface area contributed by atoms with Crippen LogP contribution in [0.3, 0.4) is 0 Å². The van der Waals surface area contributed by atoms with Gasteiger partial charge in [0.05, 0.1) is 97.0 Å². The first-order valence-electron chi connectivity index (χ1n) is 20.6. The average molecular weight is 819 g/mol. The fourth-order valence-corrected chi connectivity index (χ4v) is 7.02. The van der Waals surface area contributed by atoms with E-state index in [1.165, 1.54) is 6.33 Å². The van der Waals surface area contributed by atoms with Gasteiger partial charge in [0.2, 0.25) is 5.95 Å². The lowest BCUT2D eigenvalue weighted by molar-refractivity contribution is -0.00844. The number of aromatic nitrogens is 7. The highest BCUT2D eigenvalue weighted by atomic mass is 16.6. The van der Waals surface area contributed by atoms with Crippen molar-refractivity contribution in [2.24, 2.45) is 0 Å². The van der Waals surface area contributed by atoms with Gasteiger partial charge in [0.25, 0.3) is 5.88 Å². The first-order chi connectivity index (χ1) is 29.1. The van der Waals surface area contributed by atoms with Gasteiger partial charge in [0.15, 0.2) is 0 Å². The van der Waals surface area contributed by atoms with Gasteiger partial charge in [0, 0.05) is 57.2 Å². The van der Waals surface area contributed by atoms with E-state index in [-0.39, 0.29) is 12.1 Å². The molecule has 3 aromatic heterocycles. The Balaban J connectivity index is 1.00. The summed E-state index contributed by atoms with van der Waals surface area (Å²) in [7, 11) is 1.65. The summed E-state index contributed by atoms with van der Waals surface area (Å²) in [5.41, 5.74) is 2.73. The number of nitrogens with zero attached hydrogens (tertiary/aromatic N) is 9. The van der Waals surface area contributed by atoms with E-state index in [0.29, 0.717) is 114 Å². The van der Waals surface area contributed by atoms with Crippen molar-refractivity contribution >= 4 is 11.6 Å². The molecule has 4 heterocycles. The number of methoxy groups -OCH3 is 1. The second-order valence-electron chi connectivity index (χ2n) is 14.4. The Labute approximate surface area is 346 Å². The van der Waals surface area contributed by atoms with Gasteiger partial charge < -0.3 is 43.2 Å². The van der Waals surface area contributed by atoms with Crippen molar-refractivity contribution in [3.8, 4) is 28.8 Å².